The van der Waals surface area contributed by atoms with Gasteiger partial charge in [0, 0.05) is 6.08 Å². The number of carbonyl (C=O) groups excluding carboxylic acids is 3. The van der Waals surface area contributed by atoms with Gasteiger partial charge in [-0.25, -0.2) is 0 Å². The van der Waals surface area contributed by atoms with Crippen LogP contribution in [0.5, 0.6) is 0 Å². The van der Waals surface area contributed by atoms with Gasteiger partial charge in [-0.15, -0.1) is 0 Å². The number of carbonyl (C=O) groups is 3. The summed E-state index contributed by atoms with van der Waals surface area (Å²) in [5.41, 5.74) is 4.80. The Morgan fingerprint density at radius 3 is 2.58 bits per heavy atom. The number of amides is 1. The van der Waals surface area contributed by atoms with Gasteiger partial charge in [0.2, 0.25) is 5.91 Å². The number of rotatable bonds is 1. The molecule has 5 nitrogen and oxygen atoms in total. The molecule has 64 valence electrons. The topological polar surface area (TPSA) is 86.5 Å². The lowest BCUT2D eigenvalue weighted by molar-refractivity contribution is -0.152. The van der Waals surface area contributed by atoms with Gasteiger partial charge in [-0.2, -0.15) is 0 Å². The number of nitrogens with two attached hydrogens (primary N) is 1. The molecular weight excluding hydrogens is 162 g/mol. The second kappa shape index (κ2) is 2.77. The van der Waals surface area contributed by atoms with Crippen molar-refractivity contribution >= 4 is 17.7 Å². The Labute approximate surface area is 68.2 Å². The standard InChI is InChI=1S/C7H7NO4/c1-3-2-4(9)5(6(8)10)7(11)12-3/h2,5H,1H3,(H2,8,10). The molecule has 0 aliphatic carbocycles. The van der Waals surface area contributed by atoms with E-state index < -0.39 is 23.6 Å². The molecule has 0 saturated carbocycles. The summed E-state index contributed by atoms with van der Waals surface area (Å²) in [6, 6.07) is 0. The molecular formula is C7H7NO4. The summed E-state index contributed by atoms with van der Waals surface area (Å²) < 4.78 is 4.53. The molecule has 5 heteroatoms. The average molecular weight is 169 g/mol. The smallest absolute Gasteiger partial charge is 0.331 e. The van der Waals surface area contributed by atoms with Gasteiger partial charge in [0.15, 0.2) is 11.7 Å². The molecule has 1 aliphatic rings. The van der Waals surface area contributed by atoms with Crippen LogP contribution >= 0.6 is 0 Å². The van der Waals surface area contributed by atoms with Crippen LogP contribution in [0.15, 0.2) is 11.8 Å². The number of ketones is 1. The highest BCUT2D eigenvalue weighted by molar-refractivity contribution is 6.21. The van der Waals surface area contributed by atoms with Crippen molar-refractivity contribution in [3.8, 4) is 0 Å². The third-order valence-corrected chi connectivity index (χ3v) is 1.41. The van der Waals surface area contributed by atoms with E-state index in [2.05, 4.69) is 4.74 Å². The molecule has 0 saturated heterocycles. The van der Waals surface area contributed by atoms with Gasteiger partial charge in [-0.1, -0.05) is 0 Å². The lowest BCUT2D eigenvalue weighted by atomic mass is 10.0. The minimum absolute atomic E-state index is 0.183. The molecule has 0 fully saturated rings. The molecule has 1 aliphatic heterocycles. The van der Waals surface area contributed by atoms with Crippen molar-refractivity contribution in [2.24, 2.45) is 11.7 Å². The first kappa shape index (κ1) is 8.45. The highest BCUT2D eigenvalue weighted by Crippen LogP contribution is 2.13. The number of hydrogen-bond acceptors (Lipinski definition) is 4. The van der Waals surface area contributed by atoms with Crippen molar-refractivity contribution in [3.05, 3.63) is 11.8 Å². The fourth-order valence-corrected chi connectivity index (χ4v) is 0.903. The van der Waals surface area contributed by atoms with Crippen LogP contribution in [0.1, 0.15) is 6.92 Å². The van der Waals surface area contributed by atoms with Crippen LogP contribution in [0.2, 0.25) is 0 Å². The van der Waals surface area contributed by atoms with Crippen LogP contribution in [0, 0.1) is 5.92 Å². The van der Waals surface area contributed by atoms with Crippen molar-refractivity contribution in [3.63, 3.8) is 0 Å². The van der Waals surface area contributed by atoms with Crippen LogP contribution in [-0.4, -0.2) is 17.7 Å². The third kappa shape index (κ3) is 1.34. The quantitative estimate of drug-likeness (QED) is 0.407. The number of esters is 1. The third-order valence-electron chi connectivity index (χ3n) is 1.41. The summed E-state index contributed by atoms with van der Waals surface area (Å²) in [6.07, 6.45) is 1.08. The van der Waals surface area contributed by atoms with Gasteiger partial charge in [0.05, 0.1) is 0 Å². The first-order valence-electron chi connectivity index (χ1n) is 3.25. The maximum atomic E-state index is 11.0. The van der Waals surface area contributed by atoms with Gasteiger partial charge in [-0.3, -0.25) is 14.4 Å². The monoisotopic (exact) mass is 169 g/mol. The van der Waals surface area contributed by atoms with Crippen molar-refractivity contribution < 1.29 is 19.1 Å². The molecule has 0 spiro atoms. The average Bonchev–Trinajstić information content (AvgIpc) is 1.82. The Morgan fingerprint density at radius 2 is 2.17 bits per heavy atom. The second-order valence-electron chi connectivity index (χ2n) is 2.41. The SMILES string of the molecule is CC1=CC(=O)C(C(N)=O)C(=O)O1. The Balaban J connectivity index is 2.98. The van der Waals surface area contributed by atoms with E-state index in [9.17, 15) is 14.4 Å². The molecule has 2 N–H and O–H groups in total. The van der Waals surface area contributed by atoms with E-state index in [4.69, 9.17) is 5.73 Å². The molecule has 0 radical (unpaired) electrons. The van der Waals surface area contributed by atoms with E-state index in [0.717, 1.165) is 6.08 Å². The van der Waals surface area contributed by atoms with E-state index in [-0.39, 0.29) is 5.76 Å². The fourth-order valence-electron chi connectivity index (χ4n) is 0.903. The number of hydrogen-bond donors (Lipinski definition) is 1. The first-order chi connectivity index (χ1) is 5.52. The van der Waals surface area contributed by atoms with Crippen molar-refractivity contribution in [1.82, 2.24) is 0 Å². The number of primary amides is 1. The van der Waals surface area contributed by atoms with Gasteiger partial charge < -0.3 is 10.5 Å². The molecule has 0 bridgehead atoms. The van der Waals surface area contributed by atoms with Gasteiger partial charge in [0.25, 0.3) is 0 Å². The zero-order chi connectivity index (χ0) is 9.30. The molecule has 1 amide bonds. The molecule has 1 unspecified atom stereocenters. The summed E-state index contributed by atoms with van der Waals surface area (Å²) in [5.74, 6) is -3.77. The predicted molar refractivity (Wildman–Crippen MR) is 37.5 cm³/mol. The Bertz CT molecular complexity index is 292. The van der Waals surface area contributed by atoms with Crippen LogP contribution in [0.25, 0.3) is 0 Å². The maximum Gasteiger partial charge on any atom is 0.331 e. The highest BCUT2D eigenvalue weighted by atomic mass is 16.5. The van der Waals surface area contributed by atoms with Crippen molar-refractivity contribution in [2.75, 3.05) is 0 Å². The minimum Gasteiger partial charge on any atom is -0.430 e. The lowest BCUT2D eigenvalue weighted by Gasteiger charge is -2.14. The number of ether oxygens (including phenoxy) is 1. The van der Waals surface area contributed by atoms with Gasteiger partial charge in [-0.05, 0) is 6.92 Å². The van der Waals surface area contributed by atoms with E-state index in [0.29, 0.717) is 0 Å². The number of allylic oxidation sites excluding steroid dienone is 2. The zero-order valence-corrected chi connectivity index (χ0v) is 6.37. The number of cyclic esters (lactones) is 1. The Morgan fingerprint density at radius 1 is 1.58 bits per heavy atom. The molecule has 12 heavy (non-hydrogen) atoms. The summed E-state index contributed by atoms with van der Waals surface area (Å²) >= 11 is 0. The normalized spacial score (nSPS) is 23.1. The van der Waals surface area contributed by atoms with Crippen LogP contribution in [-0.2, 0) is 19.1 Å². The van der Waals surface area contributed by atoms with Crippen LogP contribution in [0.4, 0.5) is 0 Å². The van der Waals surface area contributed by atoms with E-state index in [1.165, 1.54) is 6.92 Å². The summed E-state index contributed by atoms with van der Waals surface area (Å²) in [4.78, 5) is 32.4. The van der Waals surface area contributed by atoms with Crippen LogP contribution in [0.3, 0.4) is 0 Å². The minimum atomic E-state index is -1.46. The summed E-state index contributed by atoms with van der Waals surface area (Å²) in [7, 11) is 0. The van der Waals surface area contributed by atoms with Gasteiger partial charge >= 0.3 is 5.97 Å². The van der Waals surface area contributed by atoms with E-state index in [1.807, 2.05) is 0 Å². The van der Waals surface area contributed by atoms with Crippen molar-refractivity contribution in [2.45, 2.75) is 6.92 Å². The molecule has 0 aromatic rings. The Kier molecular flexibility index (Phi) is 1.95. The molecule has 1 rings (SSSR count). The van der Waals surface area contributed by atoms with E-state index >= 15 is 0 Å². The molecule has 1 heterocycles. The van der Waals surface area contributed by atoms with Crippen LogP contribution < -0.4 is 5.73 Å². The second-order valence-corrected chi connectivity index (χ2v) is 2.41. The van der Waals surface area contributed by atoms with E-state index in [1.54, 1.807) is 0 Å². The Hall–Kier alpha value is -1.65. The first-order valence-corrected chi connectivity index (χ1v) is 3.25. The molecule has 0 aromatic carbocycles. The van der Waals surface area contributed by atoms with Crippen molar-refractivity contribution in [1.29, 1.82) is 0 Å². The maximum absolute atomic E-state index is 11.0. The largest absolute Gasteiger partial charge is 0.430 e. The molecule has 0 aromatic heterocycles. The fraction of sp³-hybridized carbons (Fsp3) is 0.286. The predicted octanol–water partition coefficient (Wildman–Crippen LogP) is -0.882. The molecule has 1 atom stereocenters. The highest BCUT2D eigenvalue weighted by Gasteiger charge is 2.35. The summed E-state index contributed by atoms with van der Waals surface area (Å²) in [6.45, 7) is 1.45. The zero-order valence-electron chi connectivity index (χ0n) is 6.37. The lowest BCUT2D eigenvalue weighted by Crippen LogP contribution is -2.39. The summed E-state index contributed by atoms with van der Waals surface area (Å²) in [5, 5.41) is 0. The van der Waals surface area contributed by atoms with Gasteiger partial charge in [0.1, 0.15) is 5.76 Å².